The Morgan fingerprint density at radius 2 is 1.92 bits per heavy atom. The summed E-state index contributed by atoms with van der Waals surface area (Å²) in [6.07, 6.45) is 2.23. The molecule has 6 nitrogen and oxygen atoms in total. The Kier molecular flexibility index (Phi) is 4.74. The van der Waals surface area contributed by atoms with E-state index >= 15 is 0 Å². The lowest BCUT2D eigenvalue weighted by Crippen LogP contribution is -2.20. The second kappa shape index (κ2) is 7.14. The number of ketones is 1. The standard InChI is InChI=1S/C18H12F2N2O4/c19-12-5-6-15(23)13(7-12)18(25)11-8-21-22(9-11)17(24)10-26-16-4-2-1-3-14(16)20/h1-9,23H,10H2. The summed E-state index contributed by atoms with van der Waals surface area (Å²) >= 11 is 0. The van der Waals surface area contributed by atoms with Gasteiger partial charge in [-0.3, -0.25) is 9.59 Å². The summed E-state index contributed by atoms with van der Waals surface area (Å²) in [5, 5.41) is 13.4. The first kappa shape index (κ1) is 17.3. The third kappa shape index (κ3) is 3.59. The van der Waals surface area contributed by atoms with E-state index in [-0.39, 0.29) is 16.9 Å². The van der Waals surface area contributed by atoms with E-state index in [1.165, 1.54) is 18.2 Å². The van der Waals surface area contributed by atoms with Crippen LogP contribution in [0.25, 0.3) is 0 Å². The number of hydrogen-bond acceptors (Lipinski definition) is 5. The molecule has 0 radical (unpaired) electrons. The maximum Gasteiger partial charge on any atom is 0.284 e. The van der Waals surface area contributed by atoms with E-state index in [1.807, 2.05) is 0 Å². The lowest BCUT2D eigenvalue weighted by atomic mass is 10.1. The highest BCUT2D eigenvalue weighted by Gasteiger charge is 2.18. The van der Waals surface area contributed by atoms with E-state index < -0.39 is 35.7 Å². The number of phenols is 1. The van der Waals surface area contributed by atoms with Crippen LogP contribution >= 0.6 is 0 Å². The Bertz CT molecular complexity index is 985. The van der Waals surface area contributed by atoms with Crippen molar-refractivity contribution in [2.75, 3.05) is 6.61 Å². The van der Waals surface area contributed by atoms with Crippen molar-refractivity contribution < 1.29 is 28.2 Å². The fourth-order valence-corrected chi connectivity index (χ4v) is 2.19. The minimum atomic E-state index is -0.698. The number of halogens is 2. The van der Waals surface area contributed by atoms with Crippen LogP contribution in [0.2, 0.25) is 0 Å². The fraction of sp³-hybridized carbons (Fsp3) is 0.0556. The van der Waals surface area contributed by atoms with Gasteiger partial charge in [-0.25, -0.2) is 13.5 Å². The first-order valence-electron chi connectivity index (χ1n) is 7.44. The largest absolute Gasteiger partial charge is 0.507 e. The average molecular weight is 358 g/mol. The van der Waals surface area contributed by atoms with Gasteiger partial charge in [-0.15, -0.1) is 0 Å². The molecule has 3 aromatic rings. The van der Waals surface area contributed by atoms with Gasteiger partial charge in [0.25, 0.3) is 5.91 Å². The number of aromatic nitrogens is 2. The maximum absolute atomic E-state index is 13.5. The zero-order chi connectivity index (χ0) is 18.7. The summed E-state index contributed by atoms with van der Waals surface area (Å²) in [5.41, 5.74) is -0.273. The number of benzene rings is 2. The summed E-state index contributed by atoms with van der Waals surface area (Å²) in [5.74, 6) is -3.12. The lowest BCUT2D eigenvalue weighted by molar-refractivity contribution is 0.0818. The van der Waals surface area contributed by atoms with Crippen molar-refractivity contribution in [1.82, 2.24) is 9.78 Å². The van der Waals surface area contributed by atoms with E-state index in [1.54, 1.807) is 6.07 Å². The zero-order valence-electron chi connectivity index (χ0n) is 13.2. The molecule has 1 N–H and O–H groups in total. The minimum absolute atomic E-state index is 0.0230. The van der Waals surface area contributed by atoms with Gasteiger partial charge in [0.05, 0.1) is 17.3 Å². The number of carbonyl (C=O) groups excluding carboxylic acids is 2. The third-order valence-corrected chi connectivity index (χ3v) is 3.49. The SMILES string of the molecule is O=C(c1cnn(C(=O)COc2ccccc2F)c1)c1cc(F)ccc1O. The molecule has 0 spiro atoms. The van der Waals surface area contributed by atoms with Crippen molar-refractivity contribution in [3.05, 3.63) is 77.6 Å². The molecule has 1 heterocycles. The minimum Gasteiger partial charge on any atom is -0.507 e. The monoisotopic (exact) mass is 358 g/mol. The van der Waals surface area contributed by atoms with Crippen LogP contribution in [0.4, 0.5) is 8.78 Å². The molecule has 8 heteroatoms. The van der Waals surface area contributed by atoms with E-state index in [2.05, 4.69) is 5.10 Å². The highest BCUT2D eigenvalue weighted by molar-refractivity contribution is 6.10. The molecule has 26 heavy (non-hydrogen) atoms. The van der Waals surface area contributed by atoms with Crippen LogP contribution in [-0.2, 0) is 0 Å². The molecule has 2 aromatic carbocycles. The predicted octanol–water partition coefficient (Wildman–Crippen LogP) is 2.82. The number of aromatic hydroxyl groups is 1. The van der Waals surface area contributed by atoms with E-state index in [0.29, 0.717) is 0 Å². The van der Waals surface area contributed by atoms with Crippen LogP contribution in [0.1, 0.15) is 20.7 Å². The number of para-hydroxylation sites is 1. The third-order valence-electron chi connectivity index (χ3n) is 3.49. The molecule has 132 valence electrons. The van der Waals surface area contributed by atoms with Gasteiger partial charge >= 0.3 is 0 Å². The molecule has 0 unspecified atom stereocenters. The van der Waals surface area contributed by atoms with Gasteiger partial charge in [0.1, 0.15) is 11.6 Å². The zero-order valence-corrected chi connectivity index (χ0v) is 13.2. The van der Waals surface area contributed by atoms with Crippen LogP contribution < -0.4 is 4.74 Å². The van der Waals surface area contributed by atoms with Gasteiger partial charge in [-0.1, -0.05) is 12.1 Å². The van der Waals surface area contributed by atoms with Crippen molar-refractivity contribution in [3.8, 4) is 11.5 Å². The molecule has 0 fully saturated rings. The second-order valence-electron chi connectivity index (χ2n) is 5.28. The molecule has 0 saturated carbocycles. The lowest BCUT2D eigenvalue weighted by Gasteiger charge is -2.05. The average Bonchev–Trinajstić information content (AvgIpc) is 3.12. The van der Waals surface area contributed by atoms with E-state index in [0.717, 1.165) is 35.3 Å². The Labute approximate surface area is 146 Å². The first-order chi connectivity index (χ1) is 12.5. The van der Waals surface area contributed by atoms with Crippen molar-refractivity contribution in [2.24, 2.45) is 0 Å². The summed E-state index contributed by atoms with van der Waals surface area (Å²) < 4.78 is 32.7. The van der Waals surface area contributed by atoms with Gasteiger partial charge in [0.2, 0.25) is 0 Å². The molecule has 0 aliphatic rings. The van der Waals surface area contributed by atoms with Gasteiger partial charge in [-0.2, -0.15) is 5.10 Å². The molecular formula is C18H12F2N2O4. The molecule has 0 amide bonds. The van der Waals surface area contributed by atoms with Gasteiger partial charge in [0.15, 0.2) is 24.0 Å². The number of rotatable bonds is 5. The smallest absolute Gasteiger partial charge is 0.284 e. The van der Waals surface area contributed by atoms with Crippen LogP contribution in [0, 0.1) is 11.6 Å². The van der Waals surface area contributed by atoms with Gasteiger partial charge in [-0.05, 0) is 30.3 Å². The summed E-state index contributed by atoms with van der Waals surface area (Å²) in [7, 11) is 0. The Morgan fingerprint density at radius 3 is 2.69 bits per heavy atom. The van der Waals surface area contributed by atoms with Crippen molar-refractivity contribution in [3.63, 3.8) is 0 Å². The van der Waals surface area contributed by atoms with Crippen molar-refractivity contribution in [1.29, 1.82) is 0 Å². The molecule has 1 aromatic heterocycles. The Hall–Kier alpha value is -3.55. The molecule has 0 aliphatic heterocycles. The molecular weight excluding hydrogens is 346 g/mol. The summed E-state index contributed by atoms with van der Waals surface area (Å²) in [4.78, 5) is 24.4. The maximum atomic E-state index is 13.5. The Morgan fingerprint density at radius 1 is 1.15 bits per heavy atom. The number of ether oxygens (including phenoxy) is 1. The first-order valence-corrected chi connectivity index (χ1v) is 7.44. The molecule has 0 bridgehead atoms. The topological polar surface area (TPSA) is 81.4 Å². The van der Waals surface area contributed by atoms with E-state index in [9.17, 15) is 23.5 Å². The molecule has 0 aliphatic carbocycles. The summed E-state index contributed by atoms with van der Waals surface area (Å²) in [6.45, 7) is -0.499. The molecule has 0 saturated heterocycles. The van der Waals surface area contributed by atoms with Crippen molar-refractivity contribution in [2.45, 2.75) is 0 Å². The predicted molar refractivity (Wildman–Crippen MR) is 86.2 cm³/mol. The number of hydrogen-bond donors (Lipinski definition) is 1. The van der Waals surface area contributed by atoms with Crippen LogP contribution in [0.3, 0.4) is 0 Å². The highest BCUT2D eigenvalue weighted by atomic mass is 19.1. The van der Waals surface area contributed by atoms with Crippen LogP contribution in [0.5, 0.6) is 11.5 Å². The second-order valence-corrected chi connectivity index (χ2v) is 5.28. The van der Waals surface area contributed by atoms with Gasteiger partial charge in [0, 0.05) is 6.20 Å². The van der Waals surface area contributed by atoms with E-state index in [4.69, 9.17) is 4.74 Å². The number of phenolic OH excluding ortho intramolecular Hbond substituents is 1. The molecule has 3 rings (SSSR count). The molecule has 0 atom stereocenters. The van der Waals surface area contributed by atoms with Crippen molar-refractivity contribution >= 4 is 11.7 Å². The number of carbonyl (C=O) groups is 2. The summed E-state index contributed by atoms with van der Waals surface area (Å²) in [6, 6.07) is 8.55. The quantitative estimate of drug-likeness (QED) is 0.710. The normalized spacial score (nSPS) is 10.5. The fourth-order valence-electron chi connectivity index (χ4n) is 2.19. The number of nitrogens with zero attached hydrogens (tertiary/aromatic N) is 2. The highest BCUT2D eigenvalue weighted by Crippen LogP contribution is 2.21. The van der Waals surface area contributed by atoms with Crippen LogP contribution in [-0.4, -0.2) is 33.2 Å². The van der Waals surface area contributed by atoms with Gasteiger partial charge < -0.3 is 9.84 Å². The Balaban J connectivity index is 1.73. The van der Waals surface area contributed by atoms with Crippen LogP contribution in [0.15, 0.2) is 54.9 Å².